The molecule has 1 aliphatic carbocycles. The summed E-state index contributed by atoms with van der Waals surface area (Å²) in [5, 5.41) is 0.710. The van der Waals surface area contributed by atoms with E-state index in [1.165, 1.54) is 24.0 Å². The van der Waals surface area contributed by atoms with Crippen LogP contribution >= 0.6 is 11.6 Å². The number of pyridine rings is 1. The molecule has 0 fully saturated rings. The maximum absolute atomic E-state index is 6.23. The molecule has 0 bridgehead atoms. The molecule has 0 spiro atoms. The lowest BCUT2D eigenvalue weighted by Crippen LogP contribution is -2.42. The molecule has 2 aromatic rings. The number of hydrazine groups is 1. The minimum absolute atomic E-state index is 0.186. The Morgan fingerprint density at radius 1 is 1.33 bits per heavy atom. The fourth-order valence-corrected chi connectivity index (χ4v) is 3.53. The lowest BCUT2D eigenvalue weighted by atomic mass is 9.77. The molecule has 1 aromatic carbocycles. The minimum atomic E-state index is 0.186. The molecule has 0 radical (unpaired) electrons. The molecular weight excluding hydrogens is 282 g/mol. The summed E-state index contributed by atoms with van der Waals surface area (Å²) in [6.45, 7) is 0. The summed E-state index contributed by atoms with van der Waals surface area (Å²) in [6.07, 6.45) is 7.83. The Balaban J connectivity index is 1.86. The van der Waals surface area contributed by atoms with E-state index in [0.717, 1.165) is 18.4 Å². The number of halogens is 1. The largest absolute Gasteiger partial charge is 0.271 e. The van der Waals surface area contributed by atoms with Gasteiger partial charge >= 0.3 is 0 Å². The number of nitrogens with zero attached hydrogens (tertiary/aromatic N) is 1. The van der Waals surface area contributed by atoms with E-state index in [1.54, 1.807) is 12.4 Å². The highest BCUT2D eigenvalue weighted by atomic mass is 35.5. The van der Waals surface area contributed by atoms with Crippen molar-refractivity contribution in [1.82, 2.24) is 10.4 Å². The topological polar surface area (TPSA) is 50.9 Å². The van der Waals surface area contributed by atoms with Crippen molar-refractivity contribution in [3.63, 3.8) is 0 Å². The number of aromatic nitrogens is 1. The fraction of sp³-hybridized carbons (Fsp3) is 0.353. The first kappa shape index (κ1) is 14.5. The summed E-state index contributed by atoms with van der Waals surface area (Å²) in [7, 11) is 0. The fourth-order valence-electron chi connectivity index (χ4n) is 3.33. The number of nitrogens with one attached hydrogen (secondary N) is 1. The van der Waals surface area contributed by atoms with Gasteiger partial charge in [-0.05, 0) is 48.4 Å². The normalized spacial score (nSPS) is 19.0. The Kier molecular flexibility index (Phi) is 4.54. The molecule has 3 nitrogen and oxygen atoms in total. The third-order valence-electron chi connectivity index (χ3n) is 4.41. The number of hydrogen-bond acceptors (Lipinski definition) is 3. The molecule has 0 amide bonds. The molecule has 3 N–H and O–H groups in total. The predicted molar refractivity (Wildman–Crippen MR) is 86.2 cm³/mol. The van der Waals surface area contributed by atoms with Crippen LogP contribution in [0.3, 0.4) is 0 Å². The molecule has 1 heterocycles. The summed E-state index contributed by atoms with van der Waals surface area (Å²) in [6, 6.07) is 10.9. The van der Waals surface area contributed by atoms with Crippen molar-refractivity contribution in [2.24, 2.45) is 5.84 Å². The van der Waals surface area contributed by atoms with Gasteiger partial charge in [0.15, 0.2) is 0 Å². The molecule has 110 valence electrons. The standard InChI is InChI=1S/C17H20ClN3/c18-16-11-20-9-8-13(16)10-17(21-19)15-7-3-5-12-4-1-2-6-14(12)15/h1-2,4,6,8-9,11,15,17,21H,3,5,7,10,19H2. The van der Waals surface area contributed by atoms with Gasteiger partial charge in [-0.3, -0.25) is 16.3 Å². The monoisotopic (exact) mass is 301 g/mol. The van der Waals surface area contributed by atoms with Crippen LogP contribution in [0.1, 0.15) is 35.4 Å². The van der Waals surface area contributed by atoms with Gasteiger partial charge in [0, 0.05) is 24.4 Å². The molecule has 0 saturated heterocycles. The van der Waals surface area contributed by atoms with Crippen LogP contribution < -0.4 is 11.3 Å². The number of aryl methyl sites for hydroxylation is 1. The second kappa shape index (κ2) is 6.56. The summed E-state index contributed by atoms with van der Waals surface area (Å²) >= 11 is 6.23. The predicted octanol–water partition coefficient (Wildman–Crippen LogP) is 3.23. The summed E-state index contributed by atoms with van der Waals surface area (Å²) in [4.78, 5) is 4.04. The molecule has 2 unspecified atom stereocenters. The maximum Gasteiger partial charge on any atom is 0.0621 e. The van der Waals surface area contributed by atoms with Crippen molar-refractivity contribution in [3.05, 3.63) is 64.4 Å². The smallest absolute Gasteiger partial charge is 0.0621 e. The Morgan fingerprint density at radius 2 is 2.19 bits per heavy atom. The number of nitrogens with two attached hydrogens (primary N) is 1. The quantitative estimate of drug-likeness (QED) is 0.673. The van der Waals surface area contributed by atoms with E-state index < -0.39 is 0 Å². The molecule has 4 heteroatoms. The first-order valence-electron chi connectivity index (χ1n) is 7.42. The molecule has 0 saturated carbocycles. The van der Waals surface area contributed by atoms with Gasteiger partial charge < -0.3 is 0 Å². The van der Waals surface area contributed by atoms with Crippen molar-refractivity contribution in [1.29, 1.82) is 0 Å². The van der Waals surface area contributed by atoms with E-state index in [1.807, 2.05) is 6.07 Å². The van der Waals surface area contributed by atoms with E-state index in [4.69, 9.17) is 17.4 Å². The molecule has 0 aliphatic heterocycles. The Morgan fingerprint density at radius 3 is 3.00 bits per heavy atom. The van der Waals surface area contributed by atoms with E-state index in [-0.39, 0.29) is 6.04 Å². The van der Waals surface area contributed by atoms with Crippen LogP contribution in [0.25, 0.3) is 0 Å². The zero-order valence-electron chi connectivity index (χ0n) is 11.9. The number of hydrogen-bond donors (Lipinski definition) is 2. The third-order valence-corrected chi connectivity index (χ3v) is 4.75. The number of rotatable bonds is 4. The zero-order valence-corrected chi connectivity index (χ0v) is 12.7. The molecule has 1 aliphatic rings. The minimum Gasteiger partial charge on any atom is -0.271 e. The van der Waals surface area contributed by atoms with Gasteiger partial charge in [0.05, 0.1) is 5.02 Å². The maximum atomic E-state index is 6.23. The molecule has 3 rings (SSSR count). The van der Waals surface area contributed by atoms with Gasteiger partial charge in [0.1, 0.15) is 0 Å². The van der Waals surface area contributed by atoms with E-state index >= 15 is 0 Å². The highest BCUT2D eigenvalue weighted by Crippen LogP contribution is 2.35. The second-order valence-electron chi connectivity index (χ2n) is 5.64. The van der Waals surface area contributed by atoms with Crippen LogP contribution in [0.4, 0.5) is 0 Å². The van der Waals surface area contributed by atoms with Crippen molar-refractivity contribution in [3.8, 4) is 0 Å². The van der Waals surface area contributed by atoms with E-state index in [2.05, 4.69) is 34.7 Å². The van der Waals surface area contributed by atoms with Crippen LogP contribution in [0, 0.1) is 0 Å². The van der Waals surface area contributed by atoms with Crippen LogP contribution in [0.2, 0.25) is 5.02 Å². The van der Waals surface area contributed by atoms with Gasteiger partial charge in [0.25, 0.3) is 0 Å². The number of benzene rings is 1. The lowest BCUT2D eigenvalue weighted by molar-refractivity contribution is 0.395. The van der Waals surface area contributed by atoms with Crippen molar-refractivity contribution >= 4 is 11.6 Å². The highest BCUT2D eigenvalue weighted by molar-refractivity contribution is 6.31. The van der Waals surface area contributed by atoms with Gasteiger partial charge in [-0.15, -0.1) is 0 Å². The van der Waals surface area contributed by atoms with Crippen molar-refractivity contribution in [2.75, 3.05) is 0 Å². The van der Waals surface area contributed by atoms with Crippen LogP contribution in [0.5, 0.6) is 0 Å². The second-order valence-corrected chi connectivity index (χ2v) is 6.05. The summed E-state index contributed by atoms with van der Waals surface area (Å²) in [5.41, 5.74) is 6.99. The van der Waals surface area contributed by atoms with Crippen molar-refractivity contribution in [2.45, 2.75) is 37.6 Å². The van der Waals surface area contributed by atoms with Gasteiger partial charge in [0.2, 0.25) is 0 Å². The van der Waals surface area contributed by atoms with Crippen LogP contribution in [0.15, 0.2) is 42.7 Å². The number of fused-ring (bicyclic) bond motifs is 1. The van der Waals surface area contributed by atoms with Crippen LogP contribution in [-0.2, 0) is 12.8 Å². The van der Waals surface area contributed by atoms with Gasteiger partial charge in [-0.25, -0.2) is 0 Å². The average Bonchev–Trinajstić information content (AvgIpc) is 2.54. The first-order chi connectivity index (χ1) is 10.3. The molecule has 1 aromatic heterocycles. The Hall–Kier alpha value is -1.42. The SMILES string of the molecule is NNC(Cc1ccncc1Cl)C1CCCc2ccccc21. The highest BCUT2D eigenvalue weighted by Gasteiger charge is 2.27. The molecule has 2 atom stereocenters. The lowest BCUT2D eigenvalue weighted by Gasteiger charge is -2.32. The zero-order chi connectivity index (χ0) is 14.7. The Bertz CT molecular complexity index is 614. The first-order valence-corrected chi connectivity index (χ1v) is 7.79. The van der Waals surface area contributed by atoms with Gasteiger partial charge in [-0.2, -0.15) is 0 Å². The molecule has 21 heavy (non-hydrogen) atoms. The van der Waals surface area contributed by atoms with Gasteiger partial charge in [-0.1, -0.05) is 35.9 Å². The summed E-state index contributed by atoms with van der Waals surface area (Å²) < 4.78 is 0. The van der Waals surface area contributed by atoms with E-state index in [0.29, 0.717) is 10.9 Å². The van der Waals surface area contributed by atoms with E-state index in [9.17, 15) is 0 Å². The molecular formula is C17H20ClN3. The van der Waals surface area contributed by atoms with Crippen LogP contribution in [-0.4, -0.2) is 11.0 Å². The Labute approximate surface area is 130 Å². The average molecular weight is 302 g/mol. The summed E-state index contributed by atoms with van der Waals surface area (Å²) in [5.74, 6) is 6.28. The van der Waals surface area contributed by atoms with Crippen molar-refractivity contribution < 1.29 is 0 Å². The third kappa shape index (κ3) is 3.10.